The first-order valence-corrected chi connectivity index (χ1v) is 7.07. The van der Waals surface area contributed by atoms with Gasteiger partial charge in [0, 0.05) is 16.8 Å². The molecule has 0 spiro atoms. The minimum atomic E-state index is -1.16. The van der Waals surface area contributed by atoms with Crippen LogP contribution in [-0.2, 0) is 4.74 Å². The number of aryl methyl sites for hydroxylation is 1. The molecule has 0 saturated heterocycles. The Balaban J connectivity index is 2.11. The molecule has 0 aliphatic rings. The lowest BCUT2D eigenvalue weighted by atomic mass is 10.1. The highest BCUT2D eigenvalue weighted by molar-refractivity contribution is 6.02. The number of hydrogen-bond donors (Lipinski definition) is 1. The lowest BCUT2D eigenvalue weighted by Gasteiger charge is -2.05. The SMILES string of the molecule is CC(=O)c1c(C)[nH]c(C(=O)OCC(=O)c2ccc(F)c(F)c2)c1C. The third-order valence-corrected chi connectivity index (χ3v) is 3.57. The number of H-pyrrole nitrogens is 1. The molecule has 2 rings (SSSR count). The average Bonchev–Trinajstić information content (AvgIpc) is 2.82. The van der Waals surface area contributed by atoms with Crippen molar-refractivity contribution in [2.45, 2.75) is 20.8 Å². The predicted octanol–water partition coefficient (Wildman–Crippen LogP) is 3.15. The van der Waals surface area contributed by atoms with Crippen molar-refractivity contribution in [2.75, 3.05) is 6.61 Å². The molecular weight excluding hydrogens is 320 g/mol. The zero-order valence-electron chi connectivity index (χ0n) is 13.3. The molecule has 1 N–H and O–H groups in total. The van der Waals surface area contributed by atoms with Crippen LogP contribution in [-0.4, -0.2) is 29.1 Å². The minimum Gasteiger partial charge on any atom is -0.453 e. The summed E-state index contributed by atoms with van der Waals surface area (Å²) in [5.74, 6) is -3.90. The fraction of sp³-hybridized carbons (Fsp3) is 0.235. The van der Waals surface area contributed by atoms with Gasteiger partial charge in [0.15, 0.2) is 29.8 Å². The minimum absolute atomic E-state index is 0.0794. The molecule has 0 atom stereocenters. The third-order valence-electron chi connectivity index (χ3n) is 3.57. The molecule has 24 heavy (non-hydrogen) atoms. The van der Waals surface area contributed by atoms with Crippen molar-refractivity contribution >= 4 is 17.5 Å². The van der Waals surface area contributed by atoms with E-state index in [4.69, 9.17) is 4.74 Å². The number of nitrogens with one attached hydrogen (secondary N) is 1. The van der Waals surface area contributed by atoms with Gasteiger partial charge in [-0.2, -0.15) is 0 Å². The molecule has 5 nitrogen and oxygen atoms in total. The Morgan fingerprint density at radius 3 is 2.33 bits per heavy atom. The molecule has 0 fully saturated rings. The van der Waals surface area contributed by atoms with E-state index in [-0.39, 0.29) is 17.0 Å². The van der Waals surface area contributed by atoms with Crippen molar-refractivity contribution in [3.05, 3.63) is 57.9 Å². The van der Waals surface area contributed by atoms with Crippen molar-refractivity contribution in [3.63, 3.8) is 0 Å². The summed E-state index contributed by atoms with van der Waals surface area (Å²) in [4.78, 5) is 38.2. The fourth-order valence-electron chi connectivity index (χ4n) is 2.44. The van der Waals surface area contributed by atoms with E-state index < -0.39 is 30.0 Å². The molecule has 0 aliphatic heterocycles. The van der Waals surface area contributed by atoms with E-state index in [1.165, 1.54) is 6.92 Å². The maximum Gasteiger partial charge on any atom is 0.355 e. The van der Waals surface area contributed by atoms with Gasteiger partial charge < -0.3 is 9.72 Å². The topological polar surface area (TPSA) is 76.2 Å². The molecule has 1 heterocycles. The summed E-state index contributed by atoms with van der Waals surface area (Å²) in [7, 11) is 0. The highest BCUT2D eigenvalue weighted by Gasteiger charge is 2.21. The Hall–Kier alpha value is -2.83. The molecule has 1 aromatic heterocycles. The Kier molecular flexibility index (Phi) is 4.92. The average molecular weight is 335 g/mol. The Morgan fingerprint density at radius 1 is 1.12 bits per heavy atom. The van der Waals surface area contributed by atoms with Crippen LogP contribution in [0.4, 0.5) is 8.78 Å². The Labute approximate surface area is 136 Å². The van der Waals surface area contributed by atoms with E-state index in [0.717, 1.165) is 18.2 Å². The van der Waals surface area contributed by atoms with Crippen LogP contribution >= 0.6 is 0 Å². The van der Waals surface area contributed by atoms with E-state index in [2.05, 4.69) is 4.98 Å². The van der Waals surface area contributed by atoms with Gasteiger partial charge in [0.05, 0.1) is 0 Å². The highest BCUT2D eigenvalue weighted by atomic mass is 19.2. The zero-order chi connectivity index (χ0) is 18.0. The number of carbonyl (C=O) groups excluding carboxylic acids is 3. The predicted molar refractivity (Wildman–Crippen MR) is 81.2 cm³/mol. The summed E-state index contributed by atoms with van der Waals surface area (Å²) in [6, 6.07) is 2.66. The molecule has 126 valence electrons. The summed E-state index contributed by atoms with van der Waals surface area (Å²) in [5, 5.41) is 0. The number of carbonyl (C=O) groups is 3. The van der Waals surface area contributed by atoms with Gasteiger partial charge in [-0.05, 0) is 44.5 Å². The second-order valence-corrected chi connectivity index (χ2v) is 5.31. The number of esters is 1. The number of benzene rings is 1. The summed E-state index contributed by atoms with van der Waals surface area (Å²) in [6.45, 7) is 3.99. The van der Waals surface area contributed by atoms with Gasteiger partial charge >= 0.3 is 5.97 Å². The second kappa shape index (κ2) is 6.74. The van der Waals surface area contributed by atoms with Crippen LogP contribution in [0.3, 0.4) is 0 Å². The van der Waals surface area contributed by atoms with Crippen molar-refractivity contribution in [1.82, 2.24) is 4.98 Å². The molecular formula is C17H15F2NO4. The molecule has 0 unspecified atom stereocenters. The molecule has 0 radical (unpaired) electrons. The van der Waals surface area contributed by atoms with Gasteiger partial charge in [0.2, 0.25) is 0 Å². The van der Waals surface area contributed by atoms with Crippen molar-refractivity contribution in [1.29, 1.82) is 0 Å². The van der Waals surface area contributed by atoms with E-state index in [1.807, 2.05) is 0 Å². The van der Waals surface area contributed by atoms with Crippen molar-refractivity contribution in [2.24, 2.45) is 0 Å². The number of Topliss-reactive ketones (excluding diaryl/α,β-unsaturated/α-hetero) is 2. The van der Waals surface area contributed by atoms with Crippen LogP contribution < -0.4 is 0 Å². The number of hydrogen-bond acceptors (Lipinski definition) is 4. The largest absolute Gasteiger partial charge is 0.453 e. The molecule has 1 aromatic carbocycles. The fourth-order valence-corrected chi connectivity index (χ4v) is 2.44. The van der Waals surface area contributed by atoms with Gasteiger partial charge in [0.25, 0.3) is 0 Å². The van der Waals surface area contributed by atoms with E-state index in [0.29, 0.717) is 16.8 Å². The summed E-state index contributed by atoms with van der Waals surface area (Å²) >= 11 is 0. The normalized spacial score (nSPS) is 10.5. The molecule has 0 amide bonds. The van der Waals surface area contributed by atoms with Crippen molar-refractivity contribution < 1.29 is 27.9 Å². The van der Waals surface area contributed by atoms with Crippen LogP contribution in [0.1, 0.15) is 49.4 Å². The number of ether oxygens (including phenoxy) is 1. The van der Waals surface area contributed by atoms with Crippen molar-refractivity contribution in [3.8, 4) is 0 Å². The molecule has 0 aliphatic carbocycles. The van der Waals surface area contributed by atoms with Gasteiger partial charge in [-0.1, -0.05) is 0 Å². The van der Waals surface area contributed by atoms with E-state index >= 15 is 0 Å². The standard InChI is InChI=1S/C17H15F2NO4/c1-8-15(10(3)21)9(2)20-16(8)17(23)24-7-14(22)11-4-5-12(18)13(19)6-11/h4-6,20H,7H2,1-3H3. The van der Waals surface area contributed by atoms with E-state index in [1.54, 1.807) is 13.8 Å². The number of halogens is 2. The van der Waals surface area contributed by atoms with E-state index in [9.17, 15) is 23.2 Å². The zero-order valence-corrected chi connectivity index (χ0v) is 13.3. The number of aromatic amines is 1. The molecule has 2 aromatic rings. The maximum absolute atomic E-state index is 13.1. The number of ketones is 2. The van der Waals surface area contributed by atoms with Crippen LogP contribution in [0.15, 0.2) is 18.2 Å². The first-order chi connectivity index (χ1) is 11.2. The summed E-state index contributed by atoms with van der Waals surface area (Å²) in [5.41, 5.74) is 1.33. The number of aromatic nitrogens is 1. The van der Waals surface area contributed by atoms with Crippen LogP contribution in [0.2, 0.25) is 0 Å². The van der Waals surface area contributed by atoms with Crippen LogP contribution in [0.5, 0.6) is 0 Å². The quantitative estimate of drug-likeness (QED) is 0.673. The maximum atomic E-state index is 13.1. The van der Waals surface area contributed by atoms with Gasteiger partial charge in [-0.15, -0.1) is 0 Å². The highest BCUT2D eigenvalue weighted by Crippen LogP contribution is 2.19. The Morgan fingerprint density at radius 2 is 1.79 bits per heavy atom. The monoisotopic (exact) mass is 335 g/mol. The number of rotatable bonds is 5. The first kappa shape index (κ1) is 17.5. The van der Waals surface area contributed by atoms with Gasteiger partial charge in [-0.25, -0.2) is 13.6 Å². The lowest BCUT2D eigenvalue weighted by Crippen LogP contribution is -2.15. The molecule has 0 saturated carbocycles. The Bertz CT molecular complexity index is 839. The smallest absolute Gasteiger partial charge is 0.355 e. The molecule has 7 heteroatoms. The van der Waals surface area contributed by atoms with Gasteiger partial charge in [0.1, 0.15) is 5.69 Å². The van der Waals surface area contributed by atoms with Crippen LogP contribution in [0, 0.1) is 25.5 Å². The van der Waals surface area contributed by atoms with Crippen LogP contribution in [0.25, 0.3) is 0 Å². The third kappa shape index (κ3) is 3.40. The summed E-state index contributed by atoms with van der Waals surface area (Å²) in [6.07, 6.45) is 0. The first-order valence-electron chi connectivity index (χ1n) is 7.07. The summed E-state index contributed by atoms with van der Waals surface area (Å²) < 4.78 is 30.8. The second-order valence-electron chi connectivity index (χ2n) is 5.31. The van der Waals surface area contributed by atoms with Gasteiger partial charge in [-0.3, -0.25) is 9.59 Å². The lowest BCUT2D eigenvalue weighted by molar-refractivity contribution is 0.0468. The molecule has 0 bridgehead atoms.